The molecule has 124 valence electrons. The molecule has 2 aromatic carbocycles. The predicted molar refractivity (Wildman–Crippen MR) is 96.3 cm³/mol. The standard InChI is InChI=1S/C16H20N2O3S2/c1-11-9-13(6-8-16(11)22-4)21-15-7-5-12(17-23(19)20)10-14(15)18(2)3/h5-10,17H,1-4H3,(H,19,20)/p-1. The molecular formula is C16H19N2O3S2-. The normalized spacial score (nSPS) is 11.9. The van der Waals surface area contributed by atoms with Gasteiger partial charge in [-0.05, 0) is 55.1 Å². The summed E-state index contributed by atoms with van der Waals surface area (Å²) >= 11 is -0.655. The highest BCUT2D eigenvalue weighted by molar-refractivity contribution is 7.98. The number of benzene rings is 2. The molecule has 0 aromatic heterocycles. The van der Waals surface area contributed by atoms with Crippen molar-refractivity contribution in [3.8, 4) is 11.5 Å². The molecule has 2 rings (SSSR count). The minimum Gasteiger partial charge on any atom is -0.755 e. The Hall–Kier alpha value is -1.70. The molecule has 0 aliphatic carbocycles. The second-order valence-corrected chi connectivity index (χ2v) is 6.67. The van der Waals surface area contributed by atoms with Crippen LogP contribution in [0, 0.1) is 6.92 Å². The third-order valence-corrected chi connectivity index (χ3v) is 4.54. The molecule has 0 saturated carbocycles. The van der Waals surface area contributed by atoms with Gasteiger partial charge in [0.1, 0.15) is 5.75 Å². The van der Waals surface area contributed by atoms with Crippen molar-refractivity contribution >= 4 is 34.4 Å². The topological polar surface area (TPSA) is 64.6 Å². The lowest BCUT2D eigenvalue weighted by atomic mass is 10.2. The molecule has 0 fully saturated rings. The number of nitrogens with zero attached hydrogens (tertiary/aromatic N) is 1. The smallest absolute Gasteiger partial charge is 0.150 e. The number of thioether (sulfide) groups is 1. The minimum atomic E-state index is -2.35. The van der Waals surface area contributed by atoms with E-state index in [2.05, 4.69) is 4.72 Å². The zero-order valence-corrected chi connectivity index (χ0v) is 15.1. The quantitative estimate of drug-likeness (QED) is 0.634. The Kier molecular flexibility index (Phi) is 5.92. The van der Waals surface area contributed by atoms with Gasteiger partial charge in [-0.2, -0.15) is 0 Å². The van der Waals surface area contributed by atoms with Crippen LogP contribution in [-0.2, 0) is 11.3 Å². The van der Waals surface area contributed by atoms with Crippen LogP contribution in [0.2, 0.25) is 0 Å². The van der Waals surface area contributed by atoms with Gasteiger partial charge >= 0.3 is 0 Å². The number of ether oxygens (including phenoxy) is 1. The van der Waals surface area contributed by atoms with E-state index in [4.69, 9.17) is 4.74 Å². The maximum absolute atomic E-state index is 10.8. The first-order chi connectivity index (χ1) is 10.9. The van der Waals surface area contributed by atoms with Crippen molar-refractivity contribution in [2.45, 2.75) is 11.8 Å². The molecule has 0 saturated heterocycles. The van der Waals surface area contributed by atoms with Crippen LogP contribution < -0.4 is 14.4 Å². The van der Waals surface area contributed by atoms with Crippen molar-refractivity contribution < 1.29 is 13.5 Å². The molecule has 1 atom stereocenters. The van der Waals surface area contributed by atoms with E-state index in [1.54, 1.807) is 30.0 Å². The van der Waals surface area contributed by atoms with Crippen LogP contribution >= 0.6 is 11.8 Å². The number of anilines is 2. The molecular weight excluding hydrogens is 332 g/mol. The lowest BCUT2D eigenvalue weighted by molar-refractivity contribution is 0.482. The van der Waals surface area contributed by atoms with Crippen molar-refractivity contribution in [1.29, 1.82) is 0 Å². The SMILES string of the molecule is CSc1ccc(Oc2ccc(NS(=O)[O-])cc2N(C)C)cc1C. The lowest BCUT2D eigenvalue weighted by Crippen LogP contribution is -2.11. The Balaban J connectivity index is 2.31. The summed E-state index contributed by atoms with van der Waals surface area (Å²) in [5.41, 5.74) is 2.43. The monoisotopic (exact) mass is 351 g/mol. The van der Waals surface area contributed by atoms with Crippen LogP contribution in [0.3, 0.4) is 0 Å². The van der Waals surface area contributed by atoms with E-state index < -0.39 is 11.3 Å². The highest BCUT2D eigenvalue weighted by Gasteiger charge is 2.09. The van der Waals surface area contributed by atoms with Crippen LogP contribution in [0.4, 0.5) is 11.4 Å². The van der Waals surface area contributed by atoms with Gasteiger partial charge in [-0.15, -0.1) is 11.8 Å². The highest BCUT2D eigenvalue weighted by atomic mass is 32.2. The molecule has 2 aromatic rings. The van der Waals surface area contributed by atoms with E-state index in [0.29, 0.717) is 11.4 Å². The first-order valence-electron chi connectivity index (χ1n) is 6.90. The summed E-state index contributed by atoms with van der Waals surface area (Å²) in [4.78, 5) is 3.08. The first kappa shape index (κ1) is 17.7. The Labute approximate surface area is 143 Å². The van der Waals surface area contributed by atoms with Crippen LogP contribution in [0.1, 0.15) is 5.56 Å². The molecule has 23 heavy (non-hydrogen) atoms. The van der Waals surface area contributed by atoms with Crippen molar-refractivity contribution in [1.82, 2.24) is 0 Å². The molecule has 0 aliphatic heterocycles. The van der Waals surface area contributed by atoms with Gasteiger partial charge in [0.25, 0.3) is 0 Å². The molecule has 0 amide bonds. The van der Waals surface area contributed by atoms with Gasteiger partial charge < -0.3 is 18.9 Å². The zero-order valence-electron chi connectivity index (χ0n) is 13.5. The van der Waals surface area contributed by atoms with Gasteiger partial charge in [0.2, 0.25) is 0 Å². The van der Waals surface area contributed by atoms with Crippen LogP contribution in [-0.4, -0.2) is 29.1 Å². The van der Waals surface area contributed by atoms with Crippen molar-refractivity contribution in [3.63, 3.8) is 0 Å². The molecule has 0 radical (unpaired) electrons. The summed E-state index contributed by atoms with van der Waals surface area (Å²) in [6.45, 7) is 2.04. The molecule has 7 heteroatoms. The third-order valence-electron chi connectivity index (χ3n) is 3.24. The summed E-state index contributed by atoms with van der Waals surface area (Å²) in [5.74, 6) is 1.41. The molecule has 0 bridgehead atoms. The van der Waals surface area contributed by atoms with Crippen LogP contribution in [0.15, 0.2) is 41.3 Å². The number of nitrogens with one attached hydrogen (secondary N) is 1. The van der Waals surface area contributed by atoms with E-state index in [-0.39, 0.29) is 0 Å². The fourth-order valence-corrected chi connectivity index (χ4v) is 3.06. The number of hydrogen-bond acceptors (Lipinski definition) is 5. The van der Waals surface area contributed by atoms with Crippen molar-refractivity contribution in [2.75, 3.05) is 30.0 Å². The van der Waals surface area contributed by atoms with Gasteiger partial charge in [-0.25, -0.2) is 0 Å². The van der Waals surface area contributed by atoms with Crippen LogP contribution in [0.25, 0.3) is 0 Å². The van der Waals surface area contributed by atoms with Crippen molar-refractivity contribution in [3.05, 3.63) is 42.0 Å². The van der Waals surface area contributed by atoms with Gasteiger partial charge in [0, 0.05) is 35.9 Å². The molecule has 0 heterocycles. The molecule has 1 N–H and O–H groups in total. The second-order valence-electron chi connectivity index (χ2n) is 5.15. The summed E-state index contributed by atoms with van der Waals surface area (Å²) in [6.07, 6.45) is 2.04. The number of aryl methyl sites for hydroxylation is 1. The van der Waals surface area contributed by atoms with Crippen molar-refractivity contribution in [2.24, 2.45) is 0 Å². The fourth-order valence-electron chi connectivity index (χ4n) is 2.15. The Morgan fingerprint density at radius 2 is 1.96 bits per heavy atom. The predicted octanol–water partition coefficient (Wildman–Crippen LogP) is 3.78. The fraction of sp³-hybridized carbons (Fsp3) is 0.250. The van der Waals surface area contributed by atoms with E-state index in [1.165, 1.54) is 4.90 Å². The largest absolute Gasteiger partial charge is 0.755 e. The Morgan fingerprint density at radius 1 is 1.22 bits per heavy atom. The van der Waals surface area contributed by atoms with Crippen LogP contribution in [0.5, 0.6) is 11.5 Å². The molecule has 5 nitrogen and oxygen atoms in total. The molecule has 1 unspecified atom stereocenters. The molecule has 0 aliphatic rings. The summed E-state index contributed by atoms with van der Waals surface area (Å²) in [5, 5.41) is 0. The summed E-state index contributed by atoms with van der Waals surface area (Å²) < 4.78 is 29.9. The summed E-state index contributed by atoms with van der Waals surface area (Å²) in [6, 6.07) is 11.1. The van der Waals surface area contributed by atoms with E-state index in [1.807, 2.05) is 50.4 Å². The van der Waals surface area contributed by atoms with Gasteiger partial charge in [-0.3, -0.25) is 4.21 Å². The zero-order chi connectivity index (χ0) is 17.0. The van der Waals surface area contributed by atoms with Gasteiger partial charge in [-0.1, -0.05) is 0 Å². The Morgan fingerprint density at radius 3 is 2.52 bits per heavy atom. The maximum Gasteiger partial charge on any atom is 0.150 e. The lowest BCUT2D eigenvalue weighted by Gasteiger charge is -2.20. The summed E-state index contributed by atoms with van der Waals surface area (Å²) in [7, 11) is 3.75. The number of rotatable bonds is 6. The first-order valence-corrected chi connectivity index (χ1v) is 9.20. The highest BCUT2D eigenvalue weighted by Crippen LogP contribution is 2.35. The Bertz CT molecular complexity index is 720. The van der Waals surface area contributed by atoms with E-state index >= 15 is 0 Å². The molecule has 0 spiro atoms. The van der Waals surface area contributed by atoms with Gasteiger partial charge in [0.05, 0.1) is 5.69 Å². The second kappa shape index (κ2) is 7.72. The third kappa shape index (κ3) is 4.63. The average molecular weight is 351 g/mol. The maximum atomic E-state index is 10.8. The number of hydrogen-bond donors (Lipinski definition) is 1. The van der Waals surface area contributed by atoms with E-state index in [9.17, 15) is 8.76 Å². The average Bonchev–Trinajstić information content (AvgIpc) is 2.48. The van der Waals surface area contributed by atoms with Gasteiger partial charge in [0.15, 0.2) is 5.75 Å². The van der Waals surface area contributed by atoms with E-state index in [0.717, 1.165) is 17.0 Å². The minimum absolute atomic E-state index is 0.489.